The molecule has 9 nitrogen and oxygen atoms in total. The zero-order valence-electron chi connectivity index (χ0n) is 19.7. The van der Waals surface area contributed by atoms with Crippen molar-refractivity contribution in [3.8, 4) is 5.75 Å². The van der Waals surface area contributed by atoms with Crippen LogP contribution < -0.4 is 10.1 Å². The van der Waals surface area contributed by atoms with Crippen LogP contribution in [0.4, 0.5) is 4.79 Å². The number of nitrogens with zero attached hydrogens (tertiary/aromatic N) is 1. The number of aliphatic hydroxyl groups excluding tert-OH is 1. The Kier molecular flexibility index (Phi) is 8.94. The third-order valence-electron chi connectivity index (χ3n) is 5.39. The number of nitrogens with one attached hydrogen (secondary N) is 1. The number of amides is 2. The van der Waals surface area contributed by atoms with Gasteiger partial charge in [0.1, 0.15) is 24.0 Å². The molecular formula is C24H36N2O7. The summed E-state index contributed by atoms with van der Waals surface area (Å²) in [6.45, 7) is 7.51. The van der Waals surface area contributed by atoms with E-state index >= 15 is 0 Å². The fraction of sp³-hybridized carbons (Fsp3) is 0.667. The van der Waals surface area contributed by atoms with Crippen LogP contribution >= 0.6 is 0 Å². The molecule has 3 atom stereocenters. The number of aliphatic hydroxyl groups is 1. The quantitative estimate of drug-likeness (QED) is 0.570. The molecular weight excluding hydrogens is 428 g/mol. The summed E-state index contributed by atoms with van der Waals surface area (Å²) < 4.78 is 22.3. The number of likely N-dealkylation sites (tertiary alicyclic amines) is 1. The minimum atomic E-state index is -0.925. The number of carbonyl (C=O) groups excluding carboxylic acids is 2. The third kappa shape index (κ3) is 8.17. The number of carbonyl (C=O) groups is 2. The predicted octanol–water partition coefficient (Wildman–Crippen LogP) is 2.77. The van der Waals surface area contributed by atoms with E-state index in [4.69, 9.17) is 18.9 Å². The number of alkyl carbamates (subject to hydrolysis) is 1. The van der Waals surface area contributed by atoms with Crippen molar-refractivity contribution in [1.82, 2.24) is 10.2 Å². The van der Waals surface area contributed by atoms with E-state index in [1.807, 2.05) is 0 Å². The van der Waals surface area contributed by atoms with Gasteiger partial charge in [-0.25, -0.2) is 4.79 Å². The van der Waals surface area contributed by atoms with Crippen LogP contribution in [-0.4, -0.2) is 72.9 Å². The SMILES string of the molecule is CC(C)(C)OC(=O)N[C@H](C(=O)N1CCC(O)C1)c1ccc(OCCOC2CCCCO2)cc1. The molecule has 2 N–H and O–H groups in total. The molecule has 2 aliphatic heterocycles. The molecule has 2 heterocycles. The molecule has 9 heteroatoms. The summed E-state index contributed by atoms with van der Waals surface area (Å²) >= 11 is 0. The molecule has 3 rings (SSSR count). The molecule has 33 heavy (non-hydrogen) atoms. The summed E-state index contributed by atoms with van der Waals surface area (Å²) in [5.41, 5.74) is -0.0873. The molecule has 2 unspecified atom stereocenters. The average molecular weight is 465 g/mol. The van der Waals surface area contributed by atoms with E-state index in [-0.39, 0.29) is 18.7 Å². The Morgan fingerprint density at radius 2 is 1.94 bits per heavy atom. The van der Waals surface area contributed by atoms with E-state index in [0.717, 1.165) is 25.9 Å². The predicted molar refractivity (Wildman–Crippen MR) is 121 cm³/mol. The largest absolute Gasteiger partial charge is 0.491 e. The highest BCUT2D eigenvalue weighted by Gasteiger charge is 2.33. The van der Waals surface area contributed by atoms with Crippen molar-refractivity contribution in [2.75, 3.05) is 32.9 Å². The lowest BCUT2D eigenvalue weighted by Gasteiger charge is -2.26. The third-order valence-corrected chi connectivity index (χ3v) is 5.39. The Labute approximate surface area is 195 Å². The zero-order valence-corrected chi connectivity index (χ0v) is 19.7. The molecule has 0 spiro atoms. The van der Waals surface area contributed by atoms with Gasteiger partial charge in [0.15, 0.2) is 6.29 Å². The van der Waals surface area contributed by atoms with Gasteiger partial charge in [-0.2, -0.15) is 0 Å². The first-order valence-electron chi connectivity index (χ1n) is 11.6. The molecule has 0 aliphatic carbocycles. The summed E-state index contributed by atoms with van der Waals surface area (Å²) in [7, 11) is 0. The highest BCUT2D eigenvalue weighted by atomic mass is 16.7. The maximum atomic E-state index is 13.1. The molecule has 0 radical (unpaired) electrons. The molecule has 1 aromatic carbocycles. The van der Waals surface area contributed by atoms with Crippen molar-refractivity contribution in [1.29, 1.82) is 0 Å². The lowest BCUT2D eigenvalue weighted by atomic mass is 10.1. The lowest BCUT2D eigenvalue weighted by molar-refractivity contribution is -0.165. The zero-order chi connectivity index (χ0) is 23.8. The van der Waals surface area contributed by atoms with Crippen LogP contribution in [-0.2, 0) is 19.0 Å². The second-order valence-electron chi connectivity index (χ2n) is 9.39. The summed E-state index contributed by atoms with van der Waals surface area (Å²) in [5.74, 6) is 0.346. The summed E-state index contributed by atoms with van der Waals surface area (Å²) in [4.78, 5) is 27.1. The number of hydrogen-bond donors (Lipinski definition) is 2. The number of ether oxygens (including phenoxy) is 4. The van der Waals surface area contributed by atoms with Crippen molar-refractivity contribution in [2.24, 2.45) is 0 Å². The van der Waals surface area contributed by atoms with Crippen LogP contribution in [0.5, 0.6) is 5.75 Å². The van der Waals surface area contributed by atoms with Crippen LogP contribution in [0.2, 0.25) is 0 Å². The van der Waals surface area contributed by atoms with E-state index in [9.17, 15) is 14.7 Å². The van der Waals surface area contributed by atoms with E-state index in [1.54, 1.807) is 49.9 Å². The van der Waals surface area contributed by atoms with Crippen LogP contribution in [0, 0.1) is 0 Å². The first-order chi connectivity index (χ1) is 15.7. The van der Waals surface area contributed by atoms with Crippen LogP contribution in [0.3, 0.4) is 0 Å². The van der Waals surface area contributed by atoms with Gasteiger partial charge in [-0.15, -0.1) is 0 Å². The van der Waals surface area contributed by atoms with Crippen molar-refractivity contribution in [3.63, 3.8) is 0 Å². The molecule has 2 aliphatic rings. The van der Waals surface area contributed by atoms with E-state index in [2.05, 4.69) is 5.32 Å². The monoisotopic (exact) mass is 464 g/mol. The second kappa shape index (κ2) is 11.7. The second-order valence-corrected chi connectivity index (χ2v) is 9.39. The molecule has 0 aromatic heterocycles. The summed E-state index contributed by atoms with van der Waals surface area (Å²) in [6.07, 6.45) is 2.23. The van der Waals surface area contributed by atoms with Crippen molar-refractivity contribution < 1.29 is 33.6 Å². The Bertz CT molecular complexity index is 772. The van der Waals surface area contributed by atoms with Crippen molar-refractivity contribution in [3.05, 3.63) is 29.8 Å². The maximum absolute atomic E-state index is 13.1. The van der Waals surface area contributed by atoms with Crippen molar-refractivity contribution >= 4 is 12.0 Å². The van der Waals surface area contributed by atoms with Gasteiger partial charge in [-0.05, 0) is 64.2 Å². The topological polar surface area (TPSA) is 107 Å². The van der Waals surface area contributed by atoms with Crippen molar-refractivity contribution in [2.45, 2.75) is 70.5 Å². The van der Waals surface area contributed by atoms with Gasteiger partial charge in [-0.1, -0.05) is 12.1 Å². The summed E-state index contributed by atoms with van der Waals surface area (Å²) in [5, 5.41) is 12.5. The Hall–Kier alpha value is -2.36. The molecule has 0 saturated carbocycles. The Balaban J connectivity index is 1.59. The number of β-amino-alcohol motifs (C(OH)–C–C–N with tert-alkyl or cyclic N) is 1. The Morgan fingerprint density at radius 3 is 2.55 bits per heavy atom. The minimum Gasteiger partial charge on any atom is -0.491 e. The molecule has 184 valence electrons. The minimum absolute atomic E-state index is 0.153. The number of benzene rings is 1. The van der Waals surface area contributed by atoms with Gasteiger partial charge in [0.2, 0.25) is 5.91 Å². The fourth-order valence-electron chi connectivity index (χ4n) is 3.78. The summed E-state index contributed by atoms with van der Waals surface area (Å²) in [6, 6.07) is 6.07. The normalized spacial score (nSPS) is 22.0. The first-order valence-corrected chi connectivity index (χ1v) is 11.6. The van der Waals surface area contributed by atoms with E-state index < -0.39 is 23.8 Å². The molecule has 1 aromatic rings. The Morgan fingerprint density at radius 1 is 1.18 bits per heavy atom. The highest BCUT2D eigenvalue weighted by Crippen LogP contribution is 2.23. The van der Waals surface area contributed by atoms with Gasteiger partial charge in [-0.3, -0.25) is 4.79 Å². The van der Waals surface area contributed by atoms with Gasteiger partial charge in [0.05, 0.1) is 12.7 Å². The van der Waals surface area contributed by atoms with E-state index in [0.29, 0.717) is 37.5 Å². The van der Waals surface area contributed by atoms with Gasteiger partial charge >= 0.3 is 6.09 Å². The average Bonchev–Trinajstić information content (AvgIpc) is 3.21. The molecule has 2 fully saturated rings. The molecule has 2 saturated heterocycles. The van der Waals surface area contributed by atoms with Crippen LogP contribution in [0.15, 0.2) is 24.3 Å². The van der Waals surface area contributed by atoms with Gasteiger partial charge < -0.3 is 34.3 Å². The fourth-order valence-corrected chi connectivity index (χ4v) is 3.78. The highest BCUT2D eigenvalue weighted by molar-refractivity contribution is 5.87. The maximum Gasteiger partial charge on any atom is 0.408 e. The van der Waals surface area contributed by atoms with Crippen LogP contribution in [0.1, 0.15) is 58.1 Å². The van der Waals surface area contributed by atoms with E-state index in [1.165, 1.54) is 0 Å². The lowest BCUT2D eigenvalue weighted by Crippen LogP contribution is -2.44. The number of hydrogen-bond acceptors (Lipinski definition) is 7. The van der Waals surface area contributed by atoms with Gasteiger partial charge in [0, 0.05) is 19.7 Å². The van der Waals surface area contributed by atoms with Gasteiger partial charge in [0.25, 0.3) is 0 Å². The molecule has 0 bridgehead atoms. The smallest absolute Gasteiger partial charge is 0.408 e. The molecule has 2 amide bonds. The number of rotatable bonds is 8. The standard InChI is InChI=1S/C24H36N2O7/c1-24(2,3)33-23(29)25-21(22(28)26-12-11-18(27)16-26)17-7-9-19(10-8-17)30-14-15-32-20-6-4-5-13-31-20/h7-10,18,20-21,27H,4-6,11-16H2,1-3H3,(H,25,29)/t18?,20?,21-/m0/s1. The van der Waals surface area contributed by atoms with Crippen LogP contribution in [0.25, 0.3) is 0 Å². The first kappa shape index (κ1) is 25.3.